The van der Waals surface area contributed by atoms with Gasteiger partial charge < -0.3 is 15.0 Å². The fourth-order valence-corrected chi connectivity index (χ4v) is 1.72. The number of carbonyl (C=O) groups excluding carboxylic acids is 1. The van der Waals surface area contributed by atoms with E-state index in [9.17, 15) is 22.8 Å². The summed E-state index contributed by atoms with van der Waals surface area (Å²) in [7, 11) is 0. The molecule has 0 aliphatic heterocycles. The Morgan fingerprint density at radius 2 is 2.10 bits per heavy atom. The first kappa shape index (κ1) is 16.1. The molecule has 20 heavy (non-hydrogen) atoms. The zero-order chi connectivity index (χ0) is 15.3. The van der Waals surface area contributed by atoms with E-state index in [1.807, 2.05) is 0 Å². The van der Waals surface area contributed by atoms with Gasteiger partial charge in [0, 0.05) is 12.2 Å². The van der Waals surface area contributed by atoms with Crippen molar-refractivity contribution in [3.05, 3.63) is 24.0 Å². The number of amides is 1. The Hall–Kier alpha value is -1.99. The summed E-state index contributed by atoms with van der Waals surface area (Å²) in [5, 5.41) is 11.1. The normalized spacial score (nSPS) is 13.0. The number of carboxylic acid groups (broad SMARTS) is 1. The zero-order valence-electron chi connectivity index (χ0n) is 10.8. The van der Waals surface area contributed by atoms with Crippen molar-refractivity contribution in [2.24, 2.45) is 0 Å². The predicted molar refractivity (Wildman–Crippen MR) is 64.3 cm³/mol. The standard InChI is InChI=1S/C12H15F3N2O3/c1-2-8(6-10(18)19)16-11(20)9-4-3-5-17(9)7-12(13,14)15/h3-5,8H,2,6-7H2,1H3,(H,16,20)(H,18,19). The molecule has 112 valence electrons. The molecule has 1 rings (SSSR count). The SMILES string of the molecule is CCC(CC(=O)O)NC(=O)c1cccn1CC(F)(F)F. The van der Waals surface area contributed by atoms with E-state index in [-0.39, 0.29) is 12.1 Å². The lowest BCUT2D eigenvalue weighted by atomic mass is 10.1. The van der Waals surface area contributed by atoms with Gasteiger partial charge >= 0.3 is 12.1 Å². The number of nitrogens with one attached hydrogen (secondary N) is 1. The number of rotatable bonds is 6. The maximum absolute atomic E-state index is 12.3. The molecule has 1 heterocycles. The van der Waals surface area contributed by atoms with Crippen LogP contribution in [0.15, 0.2) is 18.3 Å². The number of hydrogen-bond acceptors (Lipinski definition) is 2. The maximum atomic E-state index is 12.3. The van der Waals surface area contributed by atoms with Gasteiger partial charge in [0.1, 0.15) is 12.2 Å². The zero-order valence-corrected chi connectivity index (χ0v) is 10.8. The van der Waals surface area contributed by atoms with E-state index in [2.05, 4.69) is 5.32 Å². The van der Waals surface area contributed by atoms with Crippen molar-refractivity contribution in [1.82, 2.24) is 9.88 Å². The van der Waals surface area contributed by atoms with E-state index < -0.39 is 30.6 Å². The third kappa shape index (κ3) is 4.94. The van der Waals surface area contributed by atoms with Crippen LogP contribution in [0.3, 0.4) is 0 Å². The van der Waals surface area contributed by atoms with Crippen LogP contribution >= 0.6 is 0 Å². The van der Waals surface area contributed by atoms with Crippen molar-refractivity contribution in [2.75, 3.05) is 0 Å². The summed E-state index contributed by atoms with van der Waals surface area (Å²) in [6, 6.07) is 1.97. The summed E-state index contributed by atoms with van der Waals surface area (Å²) in [5.41, 5.74) is -0.147. The molecular formula is C12H15F3N2O3. The van der Waals surface area contributed by atoms with E-state index in [1.165, 1.54) is 12.1 Å². The highest BCUT2D eigenvalue weighted by Gasteiger charge is 2.29. The molecule has 0 fully saturated rings. The van der Waals surface area contributed by atoms with Gasteiger partial charge in [-0.3, -0.25) is 9.59 Å². The van der Waals surface area contributed by atoms with E-state index in [0.29, 0.717) is 6.42 Å². The number of carboxylic acids is 1. The summed E-state index contributed by atoms with van der Waals surface area (Å²) in [5.74, 6) is -1.80. The topological polar surface area (TPSA) is 71.3 Å². The van der Waals surface area contributed by atoms with Gasteiger partial charge in [0.2, 0.25) is 0 Å². The molecule has 0 aliphatic carbocycles. The second-order valence-electron chi connectivity index (χ2n) is 4.31. The summed E-state index contributed by atoms with van der Waals surface area (Å²) in [6.45, 7) is 0.418. The molecule has 2 N–H and O–H groups in total. The van der Waals surface area contributed by atoms with Gasteiger partial charge in [-0.2, -0.15) is 13.2 Å². The lowest BCUT2D eigenvalue weighted by Crippen LogP contribution is -2.37. The molecule has 1 amide bonds. The van der Waals surface area contributed by atoms with Crippen LogP contribution < -0.4 is 5.32 Å². The molecule has 1 atom stereocenters. The Kier molecular flexibility index (Phi) is 5.18. The van der Waals surface area contributed by atoms with Gasteiger partial charge in [0.25, 0.3) is 5.91 Å². The molecular weight excluding hydrogens is 277 g/mol. The van der Waals surface area contributed by atoms with E-state index in [1.54, 1.807) is 6.92 Å². The number of carbonyl (C=O) groups is 2. The molecule has 0 bridgehead atoms. The number of halogens is 3. The van der Waals surface area contributed by atoms with E-state index >= 15 is 0 Å². The van der Waals surface area contributed by atoms with Crippen LogP contribution in [0.1, 0.15) is 30.3 Å². The van der Waals surface area contributed by atoms with Crippen molar-refractivity contribution >= 4 is 11.9 Å². The molecule has 0 saturated carbocycles. The Morgan fingerprint density at radius 3 is 2.60 bits per heavy atom. The number of aromatic nitrogens is 1. The van der Waals surface area contributed by atoms with Gasteiger partial charge in [-0.1, -0.05) is 6.92 Å². The van der Waals surface area contributed by atoms with Crippen LogP contribution in [0.25, 0.3) is 0 Å². The highest BCUT2D eigenvalue weighted by Crippen LogP contribution is 2.19. The molecule has 8 heteroatoms. The molecule has 5 nitrogen and oxygen atoms in total. The third-order valence-corrected chi connectivity index (χ3v) is 2.66. The van der Waals surface area contributed by atoms with Gasteiger partial charge in [-0.05, 0) is 18.6 Å². The largest absolute Gasteiger partial charge is 0.481 e. The Bertz CT molecular complexity index is 483. The number of nitrogens with zero attached hydrogens (tertiary/aromatic N) is 1. The summed E-state index contributed by atoms with van der Waals surface area (Å²) in [4.78, 5) is 22.5. The van der Waals surface area contributed by atoms with Crippen molar-refractivity contribution in [1.29, 1.82) is 0 Å². The second kappa shape index (κ2) is 6.44. The van der Waals surface area contributed by atoms with Crippen LogP contribution in [0.5, 0.6) is 0 Å². The maximum Gasteiger partial charge on any atom is 0.406 e. The van der Waals surface area contributed by atoms with Crippen LogP contribution in [0.4, 0.5) is 13.2 Å². The highest BCUT2D eigenvalue weighted by molar-refractivity contribution is 5.93. The van der Waals surface area contributed by atoms with E-state index in [4.69, 9.17) is 5.11 Å². The predicted octanol–water partition coefficient (Wildman–Crippen LogP) is 2.03. The molecule has 1 unspecified atom stereocenters. The van der Waals surface area contributed by atoms with Crippen molar-refractivity contribution in [3.63, 3.8) is 0 Å². The van der Waals surface area contributed by atoms with E-state index in [0.717, 1.165) is 10.8 Å². The first-order valence-electron chi connectivity index (χ1n) is 5.97. The first-order valence-corrected chi connectivity index (χ1v) is 5.97. The molecule has 0 saturated heterocycles. The minimum atomic E-state index is -4.43. The van der Waals surface area contributed by atoms with Crippen LogP contribution in [-0.4, -0.2) is 33.8 Å². The molecule has 0 aliphatic rings. The summed E-state index contributed by atoms with van der Waals surface area (Å²) in [6.07, 6.45) is -3.18. The fourth-order valence-electron chi connectivity index (χ4n) is 1.72. The molecule has 0 radical (unpaired) electrons. The van der Waals surface area contributed by atoms with Crippen molar-refractivity contribution in [2.45, 2.75) is 38.5 Å². The summed E-state index contributed by atoms with van der Waals surface area (Å²) < 4.78 is 37.8. The lowest BCUT2D eigenvalue weighted by molar-refractivity contribution is -0.140. The minimum Gasteiger partial charge on any atom is -0.481 e. The quantitative estimate of drug-likeness (QED) is 0.842. The molecule has 0 aromatic carbocycles. The third-order valence-electron chi connectivity index (χ3n) is 2.66. The minimum absolute atomic E-state index is 0.147. The van der Waals surface area contributed by atoms with Gasteiger partial charge in [-0.15, -0.1) is 0 Å². The van der Waals surface area contributed by atoms with Gasteiger partial charge in [-0.25, -0.2) is 0 Å². The molecule has 0 spiro atoms. The Morgan fingerprint density at radius 1 is 1.45 bits per heavy atom. The van der Waals surface area contributed by atoms with Crippen molar-refractivity contribution < 1.29 is 27.9 Å². The van der Waals surface area contributed by atoms with Crippen LogP contribution in [0.2, 0.25) is 0 Å². The Balaban J connectivity index is 2.77. The van der Waals surface area contributed by atoms with Crippen molar-refractivity contribution in [3.8, 4) is 0 Å². The first-order chi connectivity index (χ1) is 9.23. The van der Waals surface area contributed by atoms with Gasteiger partial charge in [0.05, 0.1) is 6.42 Å². The average molecular weight is 292 g/mol. The fraction of sp³-hybridized carbons (Fsp3) is 0.500. The molecule has 1 aromatic rings. The second-order valence-corrected chi connectivity index (χ2v) is 4.31. The number of alkyl halides is 3. The Labute approximate surface area is 113 Å². The van der Waals surface area contributed by atoms with Crippen LogP contribution in [-0.2, 0) is 11.3 Å². The number of hydrogen-bond donors (Lipinski definition) is 2. The highest BCUT2D eigenvalue weighted by atomic mass is 19.4. The summed E-state index contributed by atoms with van der Waals surface area (Å²) >= 11 is 0. The smallest absolute Gasteiger partial charge is 0.406 e. The van der Waals surface area contributed by atoms with Gasteiger partial charge in [0.15, 0.2) is 0 Å². The average Bonchev–Trinajstić information content (AvgIpc) is 2.73. The number of aliphatic carboxylic acids is 1. The molecule has 1 aromatic heterocycles. The monoisotopic (exact) mass is 292 g/mol. The van der Waals surface area contributed by atoms with Crippen LogP contribution in [0, 0.1) is 0 Å². The lowest BCUT2D eigenvalue weighted by Gasteiger charge is -2.16.